The molecule has 0 aliphatic carbocycles. The minimum atomic E-state index is -0.106. The summed E-state index contributed by atoms with van der Waals surface area (Å²) in [4.78, 5) is 2.50. The van der Waals surface area contributed by atoms with E-state index in [2.05, 4.69) is 18.7 Å². The molecule has 0 aromatic rings. The van der Waals surface area contributed by atoms with Crippen LogP contribution in [-0.4, -0.2) is 43.9 Å². The van der Waals surface area contributed by atoms with Crippen LogP contribution in [0.25, 0.3) is 0 Å². The minimum absolute atomic E-state index is 0. The van der Waals surface area contributed by atoms with Gasteiger partial charge in [0.05, 0.1) is 0 Å². The quantitative estimate of drug-likeness (QED) is 0.393. The number of piperidine rings is 1. The average molecular weight is 239 g/mol. The third-order valence-corrected chi connectivity index (χ3v) is 2.96. The maximum Gasteiger partial charge on any atom is 1.00 e. The van der Waals surface area contributed by atoms with Gasteiger partial charge in [-0.25, -0.2) is 0 Å². The van der Waals surface area contributed by atoms with Gasteiger partial charge in [0.2, 0.25) is 0 Å². The normalized spacial score (nSPS) is 19.2. The molecule has 1 heterocycles. The molecule has 0 amide bonds. The monoisotopic (exact) mass is 239 g/mol. The molecule has 0 aromatic heterocycles. The van der Waals surface area contributed by atoms with Crippen molar-refractivity contribution in [3.8, 4) is 0 Å². The number of nitrogens with zero attached hydrogens (tertiary/aromatic N) is 1. The first-order chi connectivity index (χ1) is 6.74. The van der Waals surface area contributed by atoms with Gasteiger partial charge >= 0.3 is 51.4 Å². The summed E-state index contributed by atoms with van der Waals surface area (Å²) in [5.41, 5.74) is 0. The standard InChI is InChI=1S/C11H22NO2.K/c1-10(2)12-5-3-11(4-6-12)9-14-8-7-13;/h10-11H,3-9H2,1-2H3;/q-1;+1. The summed E-state index contributed by atoms with van der Waals surface area (Å²) in [7, 11) is 0. The zero-order valence-electron chi connectivity index (χ0n) is 10.4. The molecule has 15 heavy (non-hydrogen) atoms. The Morgan fingerprint density at radius 1 is 1.33 bits per heavy atom. The van der Waals surface area contributed by atoms with Crippen LogP contribution in [0.1, 0.15) is 26.7 Å². The molecule has 1 fully saturated rings. The van der Waals surface area contributed by atoms with E-state index in [0.717, 1.165) is 6.61 Å². The maximum absolute atomic E-state index is 10.2. The smallest absolute Gasteiger partial charge is 0.853 e. The fraction of sp³-hybridized carbons (Fsp3) is 1.00. The van der Waals surface area contributed by atoms with Crippen LogP contribution in [0.4, 0.5) is 0 Å². The largest absolute Gasteiger partial charge is 1.00 e. The van der Waals surface area contributed by atoms with E-state index < -0.39 is 0 Å². The second-order valence-corrected chi connectivity index (χ2v) is 4.35. The first-order valence-corrected chi connectivity index (χ1v) is 5.64. The predicted octanol–water partition coefficient (Wildman–Crippen LogP) is -2.51. The van der Waals surface area contributed by atoms with Gasteiger partial charge in [0.15, 0.2) is 0 Å². The molecular formula is C11H22KNO2. The molecule has 84 valence electrons. The van der Waals surface area contributed by atoms with Gasteiger partial charge in [0.25, 0.3) is 0 Å². The SMILES string of the molecule is CC(C)N1CCC(COCC[O-])CC1.[K+]. The fourth-order valence-corrected chi connectivity index (χ4v) is 1.94. The minimum Gasteiger partial charge on any atom is -0.853 e. The van der Waals surface area contributed by atoms with Gasteiger partial charge in [-0.2, -0.15) is 0 Å². The molecule has 0 radical (unpaired) electrons. The van der Waals surface area contributed by atoms with Crippen molar-refractivity contribution in [1.82, 2.24) is 4.90 Å². The Bertz CT molecular complexity index is 148. The van der Waals surface area contributed by atoms with Gasteiger partial charge in [-0.15, -0.1) is 6.61 Å². The van der Waals surface area contributed by atoms with Crippen LogP contribution in [0.2, 0.25) is 0 Å². The Balaban J connectivity index is 0.00000196. The van der Waals surface area contributed by atoms with Gasteiger partial charge < -0.3 is 14.7 Å². The van der Waals surface area contributed by atoms with E-state index in [9.17, 15) is 5.11 Å². The van der Waals surface area contributed by atoms with Gasteiger partial charge in [-0.05, 0) is 45.7 Å². The van der Waals surface area contributed by atoms with Crippen LogP contribution >= 0.6 is 0 Å². The van der Waals surface area contributed by atoms with Crippen LogP contribution in [0, 0.1) is 5.92 Å². The average Bonchev–Trinajstić information content (AvgIpc) is 2.19. The van der Waals surface area contributed by atoms with Crippen molar-refractivity contribution in [2.45, 2.75) is 32.7 Å². The molecule has 1 aliphatic rings. The van der Waals surface area contributed by atoms with Crippen molar-refractivity contribution in [3.63, 3.8) is 0 Å². The van der Waals surface area contributed by atoms with Gasteiger partial charge in [-0.1, -0.05) is 0 Å². The van der Waals surface area contributed by atoms with E-state index in [1.807, 2.05) is 0 Å². The zero-order chi connectivity index (χ0) is 10.4. The number of ether oxygens (including phenoxy) is 1. The third kappa shape index (κ3) is 6.73. The molecule has 4 heteroatoms. The number of rotatable bonds is 5. The number of hydrogen-bond donors (Lipinski definition) is 0. The van der Waals surface area contributed by atoms with Crippen molar-refractivity contribution >= 4 is 0 Å². The van der Waals surface area contributed by atoms with Crippen molar-refractivity contribution < 1.29 is 61.2 Å². The molecule has 0 unspecified atom stereocenters. The predicted molar refractivity (Wildman–Crippen MR) is 55.1 cm³/mol. The number of hydrogen-bond acceptors (Lipinski definition) is 3. The summed E-state index contributed by atoms with van der Waals surface area (Å²) in [6.45, 7) is 7.91. The number of likely N-dealkylation sites (tertiary alicyclic amines) is 1. The summed E-state index contributed by atoms with van der Waals surface area (Å²) < 4.78 is 5.29. The Hall–Kier alpha value is 1.52. The molecule has 0 N–H and O–H groups in total. The Morgan fingerprint density at radius 2 is 1.93 bits per heavy atom. The van der Waals surface area contributed by atoms with Gasteiger partial charge in [-0.3, -0.25) is 0 Å². The summed E-state index contributed by atoms with van der Waals surface area (Å²) >= 11 is 0. The van der Waals surface area contributed by atoms with Crippen LogP contribution in [0.5, 0.6) is 0 Å². The van der Waals surface area contributed by atoms with Gasteiger partial charge in [0, 0.05) is 19.3 Å². The second kappa shape index (κ2) is 9.54. The fourth-order valence-electron chi connectivity index (χ4n) is 1.94. The molecule has 1 rings (SSSR count). The molecule has 0 aromatic carbocycles. The molecular weight excluding hydrogens is 217 g/mol. The van der Waals surface area contributed by atoms with E-state index in [1.165, 1.54) is 25.9 Å². The first-order valence-electron chi connectivity index (χ1n) is 5.64. The first kappa shape index (κ1) is 16.5. The van der Waals surface area contributed by atoms with E-state index >= 15 is 0 Å². The van der Waals surface area contributed by atoms with E-state index in [4.69, 9.17) is 4.74 Å². The molecule has 1 saturated heterocycles. The van der Waals surface area contributed by atoms with Crippen molar-refractivity contribution in [2.24, 2.45) is 5.92 Å². The van der Waals surface area contributed by atoms with Crippen LogP contribution in [-0.2, 0) is 4.74 Å². The summed E-state index contributed by atoms with van der Waals surface area (Å²) in [6.07, 6.45) is 2.44. The maximum atomic E-state index is 10.2. The van der Waals surface area contributed by atoms with Crippen molar-refractivity contribution in [2.75, 3.05) is 32.9 Å². The summed E-state index contributed by atoms with van der Waals surface area (Å²) in [6, 6.07) is 0.665. The van der Waals surface area contributed by atoms with Crippen molar-refractivity contribution in [3.05, 3.63) is 0 Å². The third-order valence-electron chi connectivity index (χ3n) is 2.96. The van der Waals surface area contributed by atoms with Gasteiger partial charge in [0.1, 0.15) is 0 Å². The summed E-state index contributed by atoms with van der Waals surface area (Å²) in [5, 5.41) is 10.2. The van der Waals surface area contributed by atoms with E-state index in [1.54, 1.807) is 0 Å². The van der Waals surface area contributed by atoms with Crippen LogP contribution in [0.15, 0.2) is 0 Å². The molecule has 3 nitrogen and oxygen atoms in total. The molecule has 0 bridgehead atoms. The molecule has 0 spiro atoms. The summed E-state index contributed by atoms with van der Waals surface area (Å²) in [5.74, 6) is 0.677. The Labute approximate surface area is 136 Å². The van der Waals surface area contributed by atoms with E-state index in [0.29, 0.717) is 18.6 Å². The second-order valence-electron chi connectivity index (χ2n) is 4.35. The van der Waals surface area contributed by atoms with E-state index in [-0.39, 0.29) is 58.0 Å². The Morgan fingerprint density at radius 3 is 2.40 bits per heavy atom. The Kier molecular flexibility index (Phi) is 10.5. The van der Waals surface area contributed by atoms with Crippen LogP contribution < -0.4 is 56.5 Å². The molecule has 0 saturated carbocycles. The van der Waals surface area contributed by atoms with Crippen molar-refractivity contribution in [1.29, 1.82) is 0 Å². The molecule has 0 atom stereocenters. The van der Waals surface area contributed by atoms with Crippen LogP contribution in [0.3, 0.4) is 0 Å². The zero-order valence-corrected chi connectivity index (χ0v) is 13.5. The topological polar surface area (TPSA) is 35.5 Å². The molecule has 1 aliphatic heterocycles.